The first-order chi connectivity index (χ1) is 19.0. The van der Waals surface area contributed by atoms with Crippen molar-refractivity contribution in [2.75, 3.05) is 33.4 Å². The van der Waals surface area contributed by atoms with Gasteiger partial charge in [0.15, 0.2) is 0 Å². The van der Waals surface area contributed by atoms with Gasteiger partial charge in [-0.15, -0.1) is 0 Å². The first kappa shape index (κ1) is 25.8. The van der Waals surface area contributed by atoms with Gasteiger partial charge >= 0.3 is 0 Å². The van der Waals surface area contributed by atoms with E-state index in [1.807, 2.05) is 36.4 Å². The largest absolute Gasteiger partial charge is 0.379 e. The van der Waals surface area contributed by atoms with Crippen molar-refractivity contribution in [3.8, 4) is 0 Å². The molecule has 3 heterocycles. The summed E-state index contributed by atoms with van der Waals surface area (Å²) in [5.41, 5.74) is 4.97. The molecule has 0 bridgehead atoms. The van der Waals surface area contributed by atoms with Crippen LogP contribution in [0.15, 0.2) is 77.7 Å². The summed E-state index contributed by atoms with van der Waals surface area (Å²) in [6.45, 7) is 4.90. The number of aromatic nitrogens is 1. The smallest absolute Gasteiger partial charge is 0.257 e. The molecule has 1 N–H and O–H groups in total. The number of ether oxygens (including phenoxy) is 1. The molecule has 0 spiro atoms. The molecule has 0 radical (unpaired) electrons. The van der Waals surface area contributed by atoms with Crippen LogP contribution >= 0.6 is 11.6 Å². The molecule has 4 aromatic rings. The number of nitrogens with zero attached hydrogens (tertiary/aromatic N) is 3. The van der Waals surface area contributed by atoms with Gasteiger partial charge < -0.3 is 14.6 Å². The van der Waals surface area contributed by atoms with Crippen LogP contribution in [0.4, 0.5) is 0 Å². The number of nitrogens with one attached hydrogen (secondary N) is 1. The summed E-state index contributed by atoms with van der Waals surface area (Å²) in [5.74, 6) is -0.388. The summed E-state index contributed by atoms with van der Waals surface area (Å²) in [7, 11) is 2.08. The Bertz CT molecular complexity index is 1560. The lowest BCUT2D eigenvalue weighted by atomic mass is 9.97. The quantitative estimate of drug-likeness (QED) is 0.391. The van der Waals surface area contributed by atoms with Crippen LogP contribution in [-0.2, 0) is 24.4 Å². The van der Waals surface area contributed by atoms with Crippen molar-refractivity contribution < 1.29 is 9.53 Å². The monoisotopic (exact) mass is 542 g/mol. The van der Waals surface area contributed by atoms with E-state index in [0.717, 1.165) is 47.4 Å². The van der Waals surface area contributed by atoms with E-state index in [9.17, 15) is 9.59 Å². The lowest BCUT2D eigenvalue weighted by Crippen LogP contribution is -2.38. The van der Waals surface area contributed by atoms with Crippen molar-refractivity contribution in [1.29, 1.82) is 0 Å². The Morgan fingerprint density at radius 3 is 2.51 bits per heavy atom. The second kappa shape index (κ2) is 10.9. The summed E-state index contributed by atoms with van der Waals surface area (Å²) in [4.78, 5) is 32.0. The van der Waals surface area contributed by atoms with Crippen LogP contribution in [0.2, 0.25) is 5.02 Å². The number of morpholine rings is 1. The summed E-state index contributed by atoms with van der Waals surface area (Å²) in [6.07, 6.45) is 1.59. The fourth-order valence-electron chi connectivity index (χ4n) is 5.72. The number of carbonyl (C=O) groups is 1. The van der Waals surface area contributed by atoms with Crippen LogP contribution in [0.5, 0.6) is 0 Å². The van der Waals surface area contributed by atoms with E-state index in [1.54, 1.807) is 18.3 Å². The highest BCUT2D eigenvalue weighted by atomic mass is 35.5. The third kappa shape index (κ3) is 5.23. The van der Waals surface area contributed by atoms with Crippen LogP contribution < -0.4 is 10.7 Å². The topological polar surface area (TPSA) is 66.8 Å². The molecule has 1 amide bonds. The Kier molecular flexibility index (Phi) is 7.23. The normalized spacial score (nSPS) is 17.8. The van der Waals surface area contributed by atoms with Crippen LogP contribution in [0, 0.1) is 0 Å². The van der Waals surface area contributed by atoms with Gasteiger partial charge in [0.2, 0.25) is 5.43 Å². The third-order valence-corrected chi connectivity index (χ3v) is 7.84. The zero-order chi connectivity index (χ0) is 26.9. The number of hydrogen-bond acceptors (Lipinski definition) is 5. The first-order valence-corrected chi connectivity index (χ1v) is 13.6. The lowest BCUT2D eigenvalue weighted by molar-refractivity contribution is 0.0342. The molecule has 1 saturated heterocycles. The molecule has 2 aliphatic heterocycles. The second-order valence-electron chi connectivity index (χ2n) is 10.3. The van der Waals surface area contributed by atoms with Crippen LogP contribution in [0.1, 0.15) is 38.8 Å². The SMILES string of the molecule is CN1Cc2cc(CN3CCOCC3)cc3c(=O)c(C(=O)NCc4ccc(Cl)cc4)cn(c23)C1c1ccccc1. The minimum Gasteiger partial charge on any atom is -0.379 e. The average molecular weight is 543 g/mol. The zero-order valence-electron chi connectivity index (χ0n) is 21.9. The maximum atomic E-state index is 13.9. The lowest BCUT2D eigenvalue weighted by Gasteiger charge is -2.37. The molecule has 1 unspecified atom stereocenters. The van der Waals surface area contributed by atoms with E-state index < -0.39 is 0 Å². The van der Waals surface area contributed by atoms with Crippen LogP contribution in [0.3, 0.4) is 0 Å². The van der Waals surface area contributed by atoms with Gasteiger partial charge in [-0.2, -0.15) is 0 Å². The van der Waals surface area contributed by atoms with Gasteiger partial charge in [0.25, 0.3) is 5.91 Å². The molecule has 39 heavy (non-hydrogen) atoms. The predicted molar refractivity (Wildman–Crippen MR) is 153 cm³/mol. The molecule has 2 aliphatic rings. The summed E-state index contributed by atoms with van der Waals surface area (Å²) >= 11 is 6.00. The third-order valence-electron chi connectivity index (χ3n) is 7.58. The standard InChI is InChI=1S/C31H31ClN4O3/c1-34-19-24-15-22(18-35-11-13-39-14-12-35)16-26-28(24)36(31(34)23-5-3-2-4-6-23)20-27(29(26)37)30(38)33-17-21-7-9-25(32)10-8-21/h2-10,15-16,20,31H,11-14,17-19H2,1H3,(H,33,38). The zero-order valence-corrected chi connectivity index (χ0v) is 22.7. The van der Waals surface area contributed by atoms with E-state index in [1.165, 1.54) is 0 Å². The van der Waals surface area contributed by atoms with Gasteiger partial charge in [0.05, 0.1) is 18.7 Å². The van der Waals surface area contributed by atoms with Crippen molar-refractivity contribution in [1.82, 2.24) is 19.7 Å². The molecule has 3 aromatic carbocycles. The van der Waals surface area contributed by atoms with E-state index in [-0.39, 0.29) is 23.1 Å². The minimum atomic E-state index is -0.388. The predicted octanol–water partition coefficient (Wildman–Crippen LogP) is 4.41. The highest BCUT2D eigenvalue weighted by Gasteiger charge is 2.30. The number of amides is 1. The van der Waals surface area contributed by atoms with E-state index in [4.69, 9.17) is 16.3 Å². The van der Waals surface area contributed by atoms with E-state index in [0.29, 0.717) is 36.7 Å². The van der Waals surface area contributed by atoms with Crippen LogP contribution in [0.25, 0.3) is 10.9 Å². The maximum Gasteiger partial charge on any atom is 0.257 e. The molecular formula is C31H31ClN4O3. The van der Waals surface area contributed by atoms with Crippen molar-refractivity contribution in [3.63, 3.8) is 0 Å². The summed E-state index contributed by atoms with van der Waals surface area (Å²) in [5, 5.41) is 4.16. The molecule has 6 rings (SSSR count). The van der Waals surface area contributed by atoms with Crippen molar-refractivity contribution in [2.24, 2.45) is 0 Å². The van der Waals surface area contributed by atoms with Crippen molar-refractivity contribution >= 4 is 28.4 Å². The molecule has 0 aliphatic carbocycles. The van der Waals surface area contributed by atoms with Gasteiger partial charge in [-0.05, 0) is 47.5 Å². The Hall–Kier alpha value is -3.49. The second-order valence-corrected chi connectivity index (χ2v) is 10.8. The first-order valence-electron chi connectivity index (χ1n) is 13.3. The fraction of sp³-hybridized carbons (Fsp3) is 0.290. The van der Waals surface area contributed by atoms with Gasteiger partial charge in [0.1, 0.15) is 11.7 Å². The number of hydrogen-bond donors (Lipinski definition) is 1. The molecule has 1 fully saturated rings. The minimum absolute atomic E-state index is 0.141. The van der Waals surface area contributed by atoms with E-state index >= 15 is 0 Å². The maximum absolute atomic E-state index is 13.9. The number of carbonyl (C=O) groups excluding carboxylic acids is 1. The molecule has 7 nitrogen and oxygen atoms in total. The Morgan fingerprint density at radius 2 is 1.77 bits per heavy atom. The van der Waals surface area contributed by atoms with Gasteiger partial charge in [-0.1, -0.05) is 60.1 Å². The summed E-state index contributed by atoms with van der Waals surface area (Å²) < 4.78 is 7.61. The molecule has 200 valence electrons. The number of pyridine rings is 1. The number of rotatable bonds is 6. The highest BCUT2D eigenvalue weighted by molar-refractivity contribution is 6.30. The molecule has 8 heteroatoms. The molecule has 0 saturated carbocycles. The molecule has 1 atom stereocenters. The fourth-order valence-corrected chi connectivity index (χ4v) is 5.84. The molecule has 1 aromatic heterocycles. The van der Waals surface area contributed by atoms with Crippen molar-refractivity contribution in [2.45, 2.75) is 25.8 Å². The highest BCUT2D eigenvalue weighted by Crippen LogP contribution is 2.34. The number of halogens is 1. The Morgan fingerprint density at radius 1 is 1.03 bits per heavy atom. The average Bonchev–Trinajstić information content (AvgIpc) is 2.95. The number of benzene rings is 3. The van der Waals surface area contributed by atoms with Crippen LogP contribution in [-0.4, -0.2) is 53.6 Å². The van der Waals surface area contributed by atoms with Crippen molar-refractivity contribution in [3.05, 3.63) is 116 Å². The van der Waals surface area contributed by atoms with E-state index in [2.05, 4.69) is 44.9 Å². The Balaban J connectivity index is 1.45. The molecular weight excluding hydrogens is 512 g/mol. The van der Waals surface area contributed by atoms with Gasteiger partial charge in [-0.25, -0.2) is 0 Å². The van der Waals surface area contributed by atoms with Gasteiger partial charge in [-0.3, -0.25) is 19.4 Å². The van der Waals surface area contributed by atoms with Gasteiger partial charge in [0, 0.05) is 49.3 Å². The summed E-state index contributed by atoms with van der Waals surface area (Å²) in [6, 6.07) is 21.7. The Labute approximate surface area is 232 Å².